The van der Waals surface area contributed by atoms with E-state index in [2.05, 4.69) is 32.0 Å². The van der Waals surface area contributed by atoms with E-state index in [9.17, 15) is 5.26 Å². The molecule has 120 valence electrons. The summed E-state index contributed by atoms with van der Waals surface area (Å²) in [5, 5.41) is 9.58. The van der Waals surface area contributed by atoms with Crippen molar-refractivity contribution in [3.05, 3.63) is 57.8 Å². The topological polar surface area (TPSA) is 61.7 Å². The SMILES string of the molecule is CCOc1ccc(Br)cc1C=C(C#N)c1nc2ccc(C)cc2[nH]1. The number of benzene rings is 2. The molecule has 1 N–H and O–H groups in total. The number of nitrogens with zero attached hydrogens (tertiary/aromatic N) is 2. The Bertz CT molecular complexity index is 966. The van der Waals surface area contributed by atoms with Crippen LogP contribution in [0.25, 0.3) is 22.7 Å². The maximum atomic E-state index is 9.58. The molecule has 0 aliphatic rings. The maximum absolute atomic E-state index is 9.58. The largest absolute Gasteiger partial charge is 0.493 e. The molecule has 0 amide bonds. The van der Waals surface area contributed by atoms with Gasteiger partial charge in [0.25, 0.3) is 0 Å². The number of hydrogen-bond donors (Lipinski definition) is 1. The van der Waals surface area contributed by atoms with Crippen LogP contribution in [-0.4, -0.2) is 16.6 Å². The third kappa shape index (κ3) is 3.34. The van der Waals surface area contributed by atoms with E-state index >= 15 is 0 Å². The second kappa shape index (κ2) is 6.90. The maximum Gasteiger partial charge on any atom is 0.149 e. The Labute approximate surface area is 148 Å². The van der Waals surface area contributed by atoms with E-state index in [0.29, 0.717) is 18.0 Å². The Hall–Kier alpha value is -2.58. The molecule has 0 aliphatic carbocycles. The lowest BCUT2D eigenvalue weighted by Gasteiger charge is -2.07. The van der Waals surface area contributed by atoms with E-state index in [4.69, 9.17) is 4.74 Å². The number of aromatic amines is 1. The van der Waals surface area contributed by atoms with Gasteiger partial charge in [-0.05, 0) is 55.8 Å². The van der Waals surface area contributed by atoms with Crippen LogP contribution in [0.4, 0.5) is 0 Å². The van der Waals surface area contributed by atoms with Crippen LogP contribution in [0.1, 0.15) is 23.9 Å². The molecule has 0 saturated heterocycles. The first-order valence-electron chi connectivity index (χ1n) is 7.61. The van der Waals surface area contributed by atoms with Crippen LogP contribution in [0, 0.1) is 18.3 Å². The number of aryl methyl sites for hydroxylation is 1. The zero-order chi connectivity index (χ0) is 17.1. The molecule has 1 heterocycles. The molecule has 0 bridgehead atoms. The predicted octanol–water partition coefficient (Wildman–Crippen LogP) is 5.10. The van der Waals surface area contributed by atoms with Gasteiger partial charge in [0.1, 0.15) is 17.6 Å². The van der Waals surface area contributed by atoms with Gasteiger partial charge in [0, 0.05) is 10.0 Å². The molecule has 1 aromatic heterocycles. The number of allylic oxidation sites excluding steroid dienone is 1. The fraction of sp³-hybridized carbons (Fsp3) is 0.158. The molecule has 0 fully saturated rings. The van der Waals surface area contributed by atoms with Crippen molar-refractivity contribution < 1.29 is 4.74 Å². The summed E-state index contributed by atoms with van der Waals surface area (Å²) in [5.74, 6) is 1.29. The van der Waals surface area contributed by atoms with Crippen molar-refractivity contribution in [3.63, 3.8) is 0 Å². The van der Waals surface area contributed by atoms with Gasteiger partial charge in [-0.25, -0.2) is 4.98 Å². The molecule has 2 aromatic carbocycles. The molecule has 0 saturated carbocycles. The molecular weight excluding hydrogens is 366 g/mol. The van der Waals surface area contributed by atoms with E-state index in [0.717, 1.165) is 32.4 Å². The number of rotatable bonds is 4. The van der Waals surface area contributed by atoms with Crippen molar-refractivity contribution in [2.45, 2.75) is 13.8 Å². The van der Waals surface area contributed by atoms with Gasteiger partial charge in [0.2, 0.25) is 0 Å². The quantitative estimate of drug-likeness (QED) is 0.639. The van der Waals surface area contributed by atoms with E-state index in [1.807, 2.05) is 50.2 Å². The number of H-pyrrole nitrogens is 1. The Morgan fingerprint density at radius 1 is 1.33 bits per heavy atom. The summed E-state index contributed by atoms with van der Waals surface area (Å²) < 4.78 is 6.57. The molecular formula is C19H16BrN3O. The molecule has 0 spiro atoms. The highest BCUT2D eigenvalue weighted by Gasteiger charge is 2.10. The van der Waals surface area contributed by atoms with Gasteiger partial charge >= 0.3 is 0 Å². The fourth-order valence-corrected chi connectivity index (χ4v) is 2.86. The summed E-state index contributed by atoms with van der Waals surface area (Å²) in [4.78, 5) is 7.74. The fourth-order valence-electron chi connectivity index (χ4n) is 2.48. The lowest BCUT2D eigenvalue weighted by atomic mass is 10.1. The zero-order valence-corrected chi connectivity index (χ0v) is 15.0. The summed E-state index contributed by atoms with van der Waals surface area (Å²) in [6, 6.07) is 13.9. The standard InChI is InChI=1S/C19H16BrN3O/c1-3-24-18-7-5-15(20)10-13(18)9-14(11-21)19-22-16-6-4-12(2)8-17(16)23-19/h4-10H,3H2,1-2H3,(H,22,23). The minimum absolute atomic E-state index is 0.461. The van der Waals surface area contributed by atoms with E-state index in [1.54, 1.807) is 6.08 Å². The third-order valence-corrected chi connectivity index (χ3v) is 4.08. The average molecular weight is 382 g/mol. The lowest BCUT2D eigenvalue weighted by Crippen LogP contribution is -1.94. The van der Waals surface area contributed by atoms with Crippen molar-refractivity contribution in [2.24, 2.45) is 0 Å². The van der Waals surface area contributed by atoms with Gasteiger partial charge in [-0.15, -0.1) is 0 Å². The lowest BCUT2D eigenvalue weighted by molar-refractivity contribution is 0.339. The van der Waals surface area contributed by atoms with Crippen molar-refractivity contribution >= 4 is 38.6 Å². The van der Waals surface area contributed by atoms with Crippen molar-refractivity contribution in [2.75, 3.05) is 6.61 Å². The van der Waals surface area contributed by atoms with E-state index in [1.165, 1.54) is 0 Å². The normalized spacial score (nSPS) is 11.5. The van der Waals surface area contributed by atoms with Crippen LogP contribution in [0.5, 0.6) is 5.75 Å². The second-order valence-electron chi connectivity index (χ2n) is 5.39. The molecule has 24 heavy (non-hydrogen) atoms. The Morgan fingerprint density at radius 2 is 2.17 bits per heavy atom. The number of fused-ring (bicyclic) bond motifs is 1. The highest BCUT2D eigenvalue weighted by atomic mass is 79.9. The number of ether oxygens (including phenoxy) is 1. The number of nitrogens with one attached hydrogen (secondary N) is 1. The number of nitriles is 1. The zero-order valence-electron chi connectivity index (χ0n) is 13.4. The molecule has 0 aliphatic heterocycles. The smallest absolute Gasteiger partial charge is 0.149 e. The summed E-state index contributed by atoms with van der Waals surface area (Å²) in [7, 11) is 0. The summed E-state index contributed by atoms with van der Waals surface area (Å²) in [6.07, 6.45) is 1.79. The second-order valence-corrected chi connectivity index (χ2v) is 6.31. The first-order valence-corrected chi connectivity index (χ1v) is 8.41. The average Bonchev–Trinajstić information content (AvgIpc) is 2.97. The predicted molar refractivity (Wildman–Crippen MR) is 99.6 cm³/mol. The molecule has 5 heteroatoms. The van der Waals surface area contributed by atoms with Crippen LogP contribution in [0.2, 0.25) is 0 Å². The van der Waals surface area contributed by atoms with Gasteiger partial charge in [0.15, 0.2) is 0 Å². The van der Waals surface area contributed by atoms with Gasteiger partial charge in [-0.2, -0.15) is 5.26 Å². The van der Waals surface area contributed by atoms with Crippen LogP contribution >= 0.6 is 15.9 Å². The molecule has 0 radical (unpaired) electrons. The minimum atomic E-state index is 0.461. The van der Waals surface area contributed by atoms with Gasteiger partial charge in [-0.1, -0.05) is 22.0 Å². The monoisotopic (exact) mass is 381 g/mol. The van der Waals surface area contributed by atoms with Crippen molar-refractivity contribution in [3.8, 4) is 11.8 Å². The van der Waals surface area contributed by atoms with E-state index in [-0.39, 0.29) is 0 Å². The highest BCUT2D eigenvalue weighted by Crippen LogP contribution is 2.28. The number of imidazole rings is 1. The van der Waals surface area contributed by atoms with Gasteiger partial charge in [-0.3, -0.25) is 0 Å². The van der Waals surface area contributed by atoms with Crippen molar-refractivity contribution in [1.29, 1.82) is 5.26 Å². The summed E-state index contributed by atoms with van der Waals surface area (Å²) >= 11 is 3.46. The number of aromatic nitrogens is 2. The van der Waals surface area contributed by atoms with Crippen LogP contribution in [0.3, 0.4) is 0 Å². The Kier molecular flexibility index (Phi) is 4.68. The summed E-state index contributed by atoms with van der Waals surface area (Å²) in [6.45, 7) is 4.52. The first kappa shape index (κ1) is 16.3. The minimum Gasteiger partial charge on any atom is -0.493 e. The first-order chi connectivity index (χ1) is 11.6. The molecule has 3 aromatic rings. The van der Waals surface area contributed by atoms with E-state index < -0.39 is 0 Å². The van der Waals surface area contributed by atoms with Gasteiger partial charge < -0.3 is 9.72 Å². The number of hydrogen-bond acceptors (Lipinski definition) is 3. The Morgan fingerprint density at radius 3 is 2.92 bits per heavy atom. The van der Waals surface area contributed by atoms with Crippen molar-refractivity contribution in [1.82, 2.24) is 9.97 Å². The number of halogens is 1. The van der Waals surface area contributed by atoms with Gasteiger partial charge in [0.05, 0.1) is 23.2 Å². The van der Waals surface area contributed by atoms with Crippen LogP contribution in [0.15, 0.2) is 40.9 Å². The van der Waals surface area contributed by atoms with Crippen LogP contribution in [-0.2, 0) is 0 Å². The summed E-state index contributed by atoms with van der Waals surface area (Å²) in [5.41, 5.74) is 4.20. The Balaban J connectivity index is 2.09. The molecule has 4 nitrogen and oxygen atoms in total. The molecule has 0 atom stereocenters. The molecule has 3 rings (SSSR count). The highest BCUT2D eigenvalue weighted by molar-refractivity contribution is 9.10. The third-order valence-electron chi connectivity index (χ3n) is 3.58. The molecule has 0 unspecified atom stereocenters. The van der Waals surface area contributed by atoms with Crippen LogP contribution < -0.4 is 4.74 Å².